The van der Waals surface area contributed by atoms with Crippen LogP contribution in [0.3, 0.4) is 0 Å². The first kappa shape index (κ1) is 11.0. The van der Waals surface area contributed by atoms with E-state index in [2.05, 4.69) is 45.1 Å². The van der Waals surface area contributed by atoms with Crippen LogP contribution in [0.1, 0.15) is 43.1 Å². The minimum atomic E-state index is 1.13. The van der Waals surface area contributed by atoms with Gasteiger partial charge >= 0.3 is 0 Å². The van der Waals surface area contributed by atoms with Crippen molar-refractivity contribution in [3.05, 3.63) is 23.0 Å². The van der Waals surface area contributed by atoms with Crippen LogP contribution in [0.4, 0.5) is 0 Å². The van der Waals surface area contributed by atoms with Gasteiger partial charge in [-0.25, -0.2) is 4.68 Å². The van der Waals surface area contributed by atoms with Crippen molar-refractivity contribution in [2.75, 3.05) is 0 Å². The molecule has 0 N–H and O–H groups in total. The predicted molar refractivity (Wildman–Crippen MR) is 61.3 cm³/mol. The van der Waals surface area contributed by atoms with Gasteiger partial charge in [0.15, 0.2) is 0 Å². The smallest absolute Gasteiger partial charge is 0.0629 e. The van der Waals surface area contributed by atoms with Gasteiger partial charge in [0.2, 0.25) is 0 Å². The van der Waals surface area contributed by atoms with E-state index in [1.807, 2.05) is 4.68 Å². The molecule has 0 unspecified atom stereocenters. The van der Waals surface area contributed by atoms with E-state index in [4.69, 9.17) is 0 Å². The molecule has 1 aromatic rings. The maximum absolute atomic E-state index is 4.44. The van der Waals surface area contributed by atoms with Crippen LogP contribution >= 0.6 is 0 Å². The Bertz CT molecular complexity index is 321. The number of allylic oxidation sites excluding steroid dienone is 1. The average molecular weight is 192 g/mol. The molecule has 0 amide bonds. The highest BCUT2D eigenvalue weighted by atomic mass is 15.3. The average Bonchev–Trinajstić information content (AvgIpc) is 2.41. The Morgan fingerprint density at radius 2 is 2.00 bits per heavy atom. The van der Waals surface area contributed by atoms with Gasteiger partial charge in [-0.05, 0) is 32.8 Å². The molecule has 2 heteroatoms. The van der Waals surface area contributed by atoms with Crippen LogP contribution in [-0.4, -0.2) is 9.78 Å². The number of hydrogen-bond donors (Lipinski definition) is 0. The van der Waals surface area contributed by atoms with Crippen LogP contribution < -0.4 is 0 Å². The molecule has 0 spiro atoms. The number of unbranched alkanes of at least 4 members (excludes halogenated alkanes) is 2. The number of hydrogen-bond acceptors (Lipinski definition) is 1. The Kier molecular flexibility index (Phi) is 3.93. The SMILES string of the molecule is CCCC/C=C\n1nc(C)c(C)c1C. The van der Waals surface area contributed by atoms with E-state index in [9.17, 15) is 0 Å². The molecule has 0 aliphatic carbocycles. The standard InChI is InChI=1S/C12H20N2/c1-5-6-7-8-9-14-12(4)10(2)11(3)13-14/h8-9H,5-7H2,1-4H3/b9-8-. The lowest BCUT2D eigenvalue weighted by atomic mass is 10.2. The number of aromatic nitrogens is 2. The molecule has 0 fully saturated rings. The maximum Gasteiger partial charge on any atom is 0.0629 e. The molecule has 0 aliphatic heterocycles. The van der Waals surface area contributed by atoms with E-state index in [-0.39, 0.29) is 0 Å². The Balaban J connectivity index is 2.67. The normalized spacial score (nSPS) is 11.4. The van der Waals surface area contributed by atoms with E-state index in [0.717, 1.165) is 12.1 Å². The quantitative estimate of drug-likeness (QED) is 0.668. The molecular weight excluding hydrogens is 172 g/mol. The fourth-order valence-corrected chi connectivity index (χ4v) is 1.39. The molecule has 0 saturated carbocycles. The zero-order valence-electron chi connectivity index (χ0n) is 9.67. The summed E-state index contributed by atoms with van der Waals surface area (Å²) in [7, 11) is 0. The van der Waals surface area contributed by atoms with Gasteiger partial charge in [0, 0.05) is 11.9 Å². The van der Waals surface area contributed by atoms with Gasteiger partial charge < -0.3 is 0 Å². The first-order valence-electron chi connectivity index (χ1n) is 5.35. The summed E-state index contributed by atoms with van der Waals surface area (Å²) in [6.07, 6.45) is 7.93. The summed E-state index contributed by atoms with van der Waals surface area (Å²) in [5, 5.41) is 4.44. The van der Waals surface area contributed by atoms with Gasteiger partial charge in [-0.2, -0.15) is 5.10 Å². The third-order valence-electron chi connectivity index (χ3n) is 2.66. The van der Waals surface area contributed by atoms with Crippen LogP contribution in [0, 0.1) is 20.8 Å². The van der Waals surface area contributed by atoms with Crippen LogP contribution in [0.25, 0.3) is 6.20 Å². The van der Waals surface area contributed by atoms with Gasteiger partial charge in [-0.1, -0.05) is 25.8 Å². The van der Waals surface area contributed by atoms with Crippen LogP contribution in [0.15, 0.2) is 6.08 Å². The summed E-state index contributed by atoms with van der Waals surface area (Å²) in [6, 6.07) is 0. The highest BCUT2D eigenvalue weighted by Crippen LogP contribution is 2.11. The fraction of sp³-hybridized carbons (Fsp3) is 0.583. The summed E-state index contributed by atoms with van der Waals surface area (Å²) in [5.41, 5.74) is 3.67. The van der Waals surface area contributed by atoms with Gasteiger partial charge in [0.25, 0.3) is 0 Å². The van der Waals surface area contributed by atoms with E-state index >= 15 is 0 Å². The molecule has 0 aromatic carbocycles. The molecule has 0 saturated heterocycles. The zero-order valence-corrected chi connectivity index (χ0v) is 9.67. The molecular formula is C12H20N2. The highest BCUT2D eigenvalue weighted by molar-refractivity contribution is 5.31. The van der Waals surface area contributed by atoms with Crippen molar-refractivity contribution in [2.24, 2.45) is 0 Å². The van der Waals surface area contributed by atoms with Crippen molar-refractivity contribution in [2.45, 2.75) is 47.0 Å². The number of nitrogens with zero attached hydrogens (tertiary/aromatic N) is 2. The number of rotatable bonds is 4. The van der Waals surface area contributed by atoms with Crippen LogP contribution in [0.5, 0.6) is 0 Å². The summed E-state index contributed by atoms with van der Waals surface area (Å²) < 4.78 is 1.97. The second kappa shape index (κ2) is 4.99. The minimum Gasteiger partial charge on any atom is -0.245 e. The van der Waals surface area contributed by atoms with Crippen molar-refractivity contribution in [1.29, 1.82) is 0 Å². The van der Waals surface area contributed by atoms with Crippen molar-refractivity contribution in [3.63, 3.8) is 0 Å². The summed E-state index contributed by atoms with van der Waals surface area (Å²) in [4.78, 5) is 0. The van der Waals surface area contributed by atoms with Crippen LogP contribution in [-0.2, 0) is 0 Å². The van der Waals surface area contributed by atoms with Gasteiger partial charge in [-0.15, -0.1) is 0 Å². The first-order chi connectivity index (χ1) is 6.66. The van der Waals surface area contributed by atoms with E-state index in [1.54, 1.807) is 0 Å². The third kappa shape index (κ3) is 2.47. The molecule has 1 heterocycles. The lowest BCUT2D eigenvalue weighted by Crippen LogP contribution is -1.91. The van der Waals surface area contributed by atoms with Crippen molar-refractivity contribution < 1.29 is 0 Å². The lowest BCUT2D eigenvalue weighted by Gasteiger charge is -1.96. The predicted octanol–water partition coefficient (Wildman–Crippen LogP) is 3.47. The minimum absolute atomic E-state index is 1.13. The first-order valence-corrected chi connectivity index (χ1v) is 5.35. The highest BCUT2D eigenvalue weighted by Gasteiger charge is 2.03. The Morgan fingerprint density at radius 1 is 1.29 bits per heavy atom. The Morgan fingerprint density at radius 3 is 2.50 bits per heavy atom. The van der Waals surface area contributed by atoms with Crippen molar-refractivity contribution >= 4 is 6.20 Å². The van der Waals surface area contributed by atoms with Crippen molar-refractivity contribution in [1.82, 2.24) is 9.78 Å². The summed E-state index contributed by atoms with van der Waals surface area (Å²) >= 11 is 0. The molecule has 1 aromatic heterocycles. The molecule has 0 bridgehead atoms. The Labute approximate surface area is 86.6 Å². The van der Waals surface area contributed by atoms with Crippen LogP contribution in [0.2, 0.25) is 0 Å². The maximum atomic E-state index is 4.44. The zero-order chi connectivity index (χ0) is 10.6. The Hall–Kier alpha value is -1.05. The molecule has 14 heavy (non-hydrogen) atoms. The molecule has 0 atom stereocenters. The van der Waals surface area contributed by atoms with Gasteiger partial charge in [0.1, 0.15) is 0 Å². The molecule has 1 rings (SSSR count). The second-order valence-electron chi connectivity index (χ2n) is 3.77. The lowest BCUT2D eigenvalue weighted by molar-refractivity contribution is 0.808. The summed E-state index contributed by atoms with van der Waals surface area (Å²) in [6.45, 7) is 8.49. The molecule has 2 nitrogen and oxygen atoms in total. The number of aryl methyl sites for hydroxylation is 1. The van der Waals surface area contributed by atoms with Gasteiger partial charge in [0.05, 0.1) is 5.69 Å². The largest absolute Gasteiger partial charge is 0.245 e. The van der Waals surface area contributed by atoms with Gasteiger partial charge in [-0.3, -0.25) is 0 Å². The van der Waals surface area contributed by atoms with E-state index in [1.165, 1.54) is 24.1 Å². The van der Waals surface area contributed by atoms with E-state index in [0.29, 0.717) is 0 Å². The topological polar surface area (TPSA) is 17.8 Å². The third-order valence-corrected chi connectivity index (χ3v) is 2.66. The van der Waals surface area contributed by atoms with E-state index < -0.39 is 0 Å². The molecule has 78 valence electrons. The second-order valence-corrected chi connectivity index (χ2v) is 3.77. The van der Waals surface area contributed by atoms with Crippen molar-refractivity contribution in [3.8, 4) is 0 Å². The molecule has 0 aliphatic rings. The molecule has 0 radical (unpaired) electrons. The summed E-state index contributed by atoms with van der Waals surface area (Å²) in [5.74, 6) is 0. The monoisotopic (exact) mass is 192 g/mol. The fourth-order valence-electron chi connectivity index (χ4n) is 1.39.